The Morgan fingerprint density at radius 3 is 2.11 bits per heavy atom. The monoisotopic (exact) mass is 259 g/mol. The molecule has 0 N–H and O–H groups in total. The predicted molar refractivity (Wildman–Crippen MR) is 70.4 cm³/mol. The van der Waals surface area contributed by atoms with Crippen molar-refractivity contribution in [3.8, 4) is 0 Å². The average molecular weight is 259 g/mol. The van der Waals surface area contributed by atoms with Gasteiger partial charge in [0.2, 0.25) is 11.8 Å². The van der Waals surface area contributed by atoms with Crippen molar-refractivity contribution in [3.63, 3.8) is 0 Å². The van der Waals surface area contributed by atoms with Crippen molar-refractivity contribution in [2.75, 3.05) is 6.54 Å². The molecular weight excluding hydrogens is 242 g/mol. The van der Waals surface area contributed by atoms with E-state index in [0.717, 1.165) is 0 Å². The van der Waals surface area contributed by atoms with Crippen molar-refractivity contribution in [1.29, 1.82) is 0 Å². The Labute approximate surface area is 112 Å². The molecule has 2 rings (SSSR count). The van der Waals surface area contributed by atoms with E-state index in [9.17, 15) is 14.4 Å². The van der Waals surface area contributed by atoms with Gasteiger partial charge in [-0.1, -0.05) is 44.2 Å². The quantitative estimate of drug-likeness (QED) is 0.613. The van der Waals surface area contributed by atoms with Gasteiger partial charge in [-0.05, 0) is 0 Å². The van der Waals surface area contributed by atoms with Crippen LogP contribution in [0.4, 0.5) is 0 Å². The first-order chi connectivity index (χ1) is 9.02. The minimum atomic E-state index is -0.278. The minimum absolute atomic E-state index is 0.0478. The van der Waals surface area contributed by atoms with Crippen LogP contribution >= 0.6 is 0 Å². The lowest BCUT2D eigenvalue weighted by Gasteiger charge is -2.13. The lowest BCUT2D eigenvalue weighted by molar-refractivity contribution is -0.139. The van der Waals surface area contributed by atoms with Gasteiger partial charge in [0.15, 0.2) is 5.78 Å². The van der Waals surface area contributed by atoms with Crippen molar-refractivity contribution in [2.45, 2.75) is 20.3 Å². The summed E-state index contributed by atoms with van der Waals surface area (Å²) in [6.45, 7) is 3.69. The van der Waals surface area contributed by atoms with Gasteiger partial charge in [-0.2, -0.15) is 0 Å². The molecule has 2 unspecified atom stereocenters. The molecule has 1 saturated heterocycles. The van der Waals surface area contributed by atoms with E-state index in [2.05, 4.69) is 0 Å². The molecular formula is C15H17NO3. The maximum Gasteiger partial charge on any atom is 0.232 e. The first-order valence-corrected chi connectivity index (χ1v) is 6.46. The highest BCUT2D eigenvalue weighted by Crippen LogP contribution is 2.25. The van der Waals surface area contributed by atoms with Crippen molar-refractivity contribution >= 4 is 17.6 Å². The number of amides is 2. The summed E-state index contributed by atoms with van der Waals surface area (Å²) in [6, 6.07) is 8.91. The number of hydrogen-bond acceptors (Lipinski definition) is 3. The van der Waals surface area contributed by atoms with Gasteiger partial charge in [-0.15, -0.1) is 0 Å². The van der Waals surface area contributed by atoms with E-state index in [1.807, 2.05) is 6.07 Å². The van der Waals surface area contributed by atoms with E-state index in [4.69, 9.17) is 0 Å². The summed E-state index contributed by atoms with van der Waals surface area (Å²) in [5.41, 5.74) is 0.614. The molecule has 4 nitrogen and oxygen atoms in total. The molecule has 19 heavy (non-hydrogen) atoms. The van der Waals surface area contributed by atoms with E-state index in [0.29, 0.717) is 5.56 Å². The van der Waals surface area contributed by atoms with Crippen molar-refractivity contribution < 1.29 is 14.4 Å². The molecule has 1 aromatic carbocycles. The zero-order valence-electron chi connectivity index (χ0n) is 11.1. The molecule has 100 valence electrons. The molecule has 0 aromatic heterocycles. The van der Waals surface area contributed by atoms with Gasteiger partial charge >= 0.3 is 0 Å². The van der Waals surface area contributed by atoms with Crippen LogP contribution in [0.25, 0.3) is 0 Å². The number of imide groups is 1. The first kappa shape index (κ1) is 13.5. The van der Waals surface area contributed by atoms with Gasteiger partial charge in [0, 0.05) is 30.4 Å². The Hall–Kier alpha value is -1.97. The molecule has 1 aromatic rings. The zero-order chi connectivity index (χ0) is 14.0. The maximum absolute atomic E-state index is 11.9. The van der Waals surface area contributed by atoms with Crippen LogP contribution in [0, 0.1) is 11.8 Å². The standard InChI is InChI=1S/C15H17NO3/c1-10-11(2)15(19)16(14(10)18)9-8-13(17)12-6-4-3-5-7-12/h3-7,10-11H,8-9H2,1-2H3. The second-order valence-corrected chi connectivity index (χ2v) is 4.94. The summed E-state index contributed by atoms with van der Waals surface area (Å²) < 4.78 is 0. The number of likely N-dealkylation sites (tertiary alicyclic amines) is 1. The minimum Gasteiger partial charge on any atom is -0.294 e. The largest absolute Gasteiger partial charge is 0.294 e. The van der Waals surface area contributed by atoms with E-state index in [-0.39, 0.29) is 42.4 Å². The molecule has 1 fully saturated rings. The molecule has 4 heteroatoms. The SMILES string of the molecule is CC1C(=O)N(CCC(=O)c2ccccc2)C(=O)C1C. The zero-order valence-corrected chi connectivity index (χ0v) is 11.1. The molecule has 0 spiro atoms. The van der Waals surface area contributed by atoms with Gasteiger partial charge in [0.1, 0.15) is 0 Å². The van der Waals surface area contributed by atoms with Crippen LogP contribution in [0.15, 0.2) is 30.3 Å². The number of ketones is 1. The van der Waals surface area contributed by atoms with Gasteiger partial charge in [-0.3, -0.25) is 19.3 Å². The molecule has 0 saturated carbocycles. The van der Waals surface area contributed by atoms with Crippen molar-refractivity contribution in [2.24, 2.45) is 11.8 Å². The topological polar surface area (TPSA) is 54.5 Å². The molecule has 0 radical (unpaired) electrons. The highest BCUT2D eigenvalue weighted by atomic mass is 16.2. The number of Topliss-reactive ketones (excluding diaryl/α,β-unsaturated/α-hetero) is 1. The fourth-order valence-corrected chi connectivity index (χ4v) is 2.23. The molecule has 0 bridgehead atoms. The number of carbonyl (C=O) groups is 3. The highest BCUT2D eigenvalue weighted by molar-refractivity contribution is 6.05. The van der Waals surface area contributed by atoms with Crippen LogP contribution in [0.5, 0.6) is 0 Å². The van der Waals surface area contributed by atoms with Crippen LogP contribution in [-0.2, 0) is 9.59 Å². The van der Waals surface area contributed by atoms with Crippen LogP contribution in [-0.4, -0.2) is 29.0 Å². The Morgan fingerprint density at radius 1 is 1.05 bits per heavy atom. The molecule has 1 heterocycles. The Bertz CT molecular complexity index is 489. The molecule has 2 amide bonds. The van der Waals surface area contributed by atoms with Gasteiger partial charge in [0.25, 0.3) is 0 Å². The molecule has 0 aliphatic carbocycles. The maximum atomic E-state index is 11.9. The van der Waals surface area contributed by atoms with E-state index in [1.54, 1.807) is 38.1 Å². The number of hydrogen-bond donors (Lipinski definition) is 0. The highest BCUT2D eigenvalue weighted by Gasteiger charge is 2.41. The normalized spacial score (nSPS) is 22.9. The lowest BCUT2D eigenvalue weighted by Crippen LogP contribution is -2.32. The van der Waals surface area contributed by atoms with Crippen LogP contribution in [0.2, 0.25) is 0 Å². The average Bonchev–Trinajstić information content (AvgIpc) is 2.62. The van der Waals surface area contributed by atoms with Crippen molar-refractivity contribution in [3.05, 3.63) is 35.9 Å². The van der Waals surface area contributed by atoms with Crippen molar-refractivity contribution in [1.82, 2.24) is 4.90 Å². The lowest BCUT2D eigenvalue weighted by atomic mass is 10.00. The van der Waals surface area contributed by atoms with Crippen LogP contribution in [0.1, 0.15) is 30.6 Å². The summed E-state index contributed by atoms with van der Waals surface area (Å²) in [5, 5.41) is 0. The fourth-order valence-electron chi connectivity index (χ4n) is 2.23. The number of nitrogens with zero attached hydrogens (tertiary/aromatic N) is 1. The molecule has 1 aliphatic rings. The summed E-state index contributed by atoms with van der Waals surface area (Å²) in [5.74, 6) is -0.941. The summed E-state index contributed by atoms with van der Waals surface area (Å²) >= 11 is 0. The third-order valence-electron chi connectivity index (χ3n) is 3.72. The summed E-state index contributed by atoms with van der Waals surface area (Å²) in [4.78, 5) is 36.9. The predicted octanol–water partition coefficient (Wildman–Crippen LogP) is 1.90. The third-order valence-corrected chi connectivity index (χ3v) is 3.72. The van der Waals surface area contributed by atoms with E-state index < -0.39 is 0 Å². The van der Waals surface area contributed by atoms with Gasteiger partial charge in [-0.25, -0.2) is 0 Å². The summed E-state index contributed by atoms with van der Waals surface area (Å²) in [7, 11) is 0. The smallest absolute Gasteiger partial charge is 0.232 e. The van der Waals surface area contributed by atoms with Gasteiger partial charge in [0.05, 0.1) is 0 Å². The Morgan fingerprint density at radius 2 is 1.58 bits per heavy atom. The molecule has 1 aliphatic heterocycles. The first-order valence-electron chi connectivity index (χ1n) is 6.46. The van der Waals surface area contributed by atoms with Crippen LogP contribution < -0.4 is 0 Å². The second kappa shape index (κ2) is 5.34. The van der Waals surface area contributed by atoms with Crippen LogP contribution in [0.3, 0.4) is 0 Å². The van der Waals surface area contributed by atoms with E-state index in [1.165, 1.54) is 4.90 Å². The Balaban J connectivity index is 1.98. The third kappa shape index (κ3) is 2.57. The number of rotatable bonds is 4. The number of benzene rings is 1. The fraction of sp³-hybridized carbons (Fsp3) is 0.400. The van der Waals surface area contributed by atoms with E-state index >= 15 is 0 Å². The number of carbonyl (C=O) groups excluding carboxylic acids is 3. The molecule has 2 atom stereocenters. The van der Waals surface area contributed by atoms with Gasteiger partial charge < -0.3 is 0 Å². The second-order valence-electron chi connectivity index (χ2n) is 4.94. The Kier molecular flexibility index (Phi) is 3.79. The summed E-state index contributed by atoms with van der Waals surface area (Å²) in [6.07, 6.45) is 0.181.